The van der Waals surface area contributed by atoms with Crippen molar-refractivity contribution < 1.29 is 17.9 Å². The van der Waals surface area contributed by atoms with Gasteiger partial charge in [0.1, 0.15) is 5.82 Å². The average molecular weight is 302 g/mol. The van der Waals surface area contributed by atoms with Gasteiger partial charge in [0.2, 0.25) is 10.0 Å². The van der Waals surface area contributed by atoms with Crippen LogP contribution in [0.2, 0.25) is 0 Å². The number of hydrogen-bond acceptors (Lipinski definition) is 4. The smallest absolute Gasteiger partial charge is 0.240 e. The fourth-order valence-electron chi connectivity index (χ4n) is 2.40. The van der Waals surface area contributed by atoms with E-state index in [0.717, 1.165) is 13.0 Å². The third-order valence-corrected chi connectivity index (χ3v) is 5.00. The summed E-state index contributed by atoms with van der Waals surface area (Å²) < 4.78 is 40.9. The van der Waals surface area contributed by atoms with Crippen molar-refractivity contribution in [2.75, 3.05) is 20.1 Å². The second-order valence-corrected chi connectivity index (χ2v) is 6.95. The predicted octanol–water partition coefficient (Wildman–Crippen LogP) is 0.609. The number of sulfonamides is 1. The maximum Gasteiger partial charge on any atom is 0.240 e. The SMILES string of the molecule is Cc1cc(S(=O)(=O)NC2CCN(C)C2)cc(CO)c1F. The van der Waals surface area contributed by atoms with Gasteiger partial charge in [-0.1, -0.05) is 0 Å². The zero-order valence-electron chi connectivity index (χ0n) is 11.6. The van der Waals surface area contributed by atoms with Gasteiger partial charge in [0.15, 0.2) is 0 Å². The first-order chi connectivity index (χ1) is 9.33. The lowest BCUT2D eigenvalue weighted by Gasteiger charge is -2.14. The number of aliphatic hydroxyl groups excluding tert-OH is 1. The van der Waals surface area contributed by atoms with Gasteiger partial charge in [0.25, 0.3) is 0 Å². The number of hydrogen-bond donors (Lipinski definition) is 2. The van der Waals surface area contributed by atoms with E-state index in [4.69, 9.17) is 5.11 Å². The van der Waals surface area contributed by atoms with Crippen LogP contribution in [0.25, 0.3) is 0 Å². The van der Waals surface area contributed by atoms with Crippen LogP contribution in [0.4, 0.5) is 4.39 Å². The van der Waals surface area contributed by atoms with Crippen molar-refractivity contribution in [1.29, 1.82) is 0 Å². The topological polar surface area (TPSA) is 69.6 Å². The Morgan fingerprint density at radius 1 is 1.50 bits per heavy atom. The number of aryl methyl sites for hydroxylation is 1. The van der Waals surface area contributed by atoms with Gasteiger partial charge < -0.3 is 10.0 Å². The van der Waals surface area contributed by atoms with Gasteiger partial charge in [0, 0.05) is 18.2 Å². The summed E-state index contributed by atoms with van der Waals surface area (Å²) >= 11 is 0. The predicted molar refractivity (Wildman–Crippen MR) is 73.3 cm³/mol. The molecule has 1 aliphatic rings. The lowest BCUT2D eigenvalue weighted by Crippen LogP contribution is -2.36. The van der Waals surface area contributed by atoms with Crippen LogP contribution < -0.4 is 4.72 Å². The van der Waals surface area contributed by atoms with Crippen molar-refractivity contribution in [3.63, 3.8) is 0 Å². The van der Waals surface area contributed by atoms with E-state index < -0.39 is 22.4 Å². The molecule has 0 aliphatic carbocycles. The Bertz CT molecular complexity index is 604. The monoisotopic (exact) mass is 302 g/mol. The van der Waals surface area contributed by atoms with E-state index in [1.54, 1.807) is 0 Å². The van der Waals surface area contributed by atoms with Crippen LogP contribution in [0, 0.1) is 12.7 Å². The van der Waals surface area contributed by atoms with Crippen LogP contribution in [0.1, 0.15) is 17.5 Å². The Morgan fingerprint density at radius 3 is 2.75 bits per heavy atom. The van der Waals surface area contributed by atoms with Crippen molar-refractivity contribution in [2.45, 2.75) is 30.9 Å². The molecule has 5 nitrogen and oxygen atoms in total. The lowest BCUT2D eigenvalue weighted by atomic mass is 10.1. The zero-order chi connectivity index (χ0) is 14.9. The van der Waals surface area contributed by atoms with Crippen LogP contribution in [0.3, 0.4) is 0 Å². The van der Waals surface area contributed by atoms with E-state index in [1.165, 1.54) is 19.1 Å². The van der Waals surface area contributed by atoms with Gasteiger partial charge in [-0.25, -0.2) is 17.5 Å². The largest absolute Gasteiger partial charge is 0.392 e. The maximum absolute atomic E-state index is 13.6. The van der Waals surface area contributed by atoms with Gasteiger partial charge in [-0.3, -0.25) is 0 Å². The number of rotatable bonds is 4. The fourth-order valence-corrected chi connectivity index (χ4v) is 3.79. The Balaban J connectivity index is 2.27. The molecule has 20 heavy (non-hydrogen) atoms. The second kappa shape index (κ2) is 5.77. The molecule has 0 aromatic heterocycles. The number of nitrogens with one attached hydrogen (secondary N) is 1. The summed E-state index contributed by atoms with van der Waals surface area (Å²) in [5, 5.41) is 9.09. The van der Waals surface area contributed by atoms with Crippen LogP contribution in [0.5, 0.6) is 0 Å². The van der Waals surface area contributed by atoms with Gasteiger partial charge >= 0.3 is 0 Å². The average Bonchev–Trinajstić information content (AvgIpc) is 2.77. The summed E-state index contributed by atoms with van der Waals surface area (Å²) in [6, 6.07) is 2.34. The summed E-state index contributed by atoms with van der Waals surface area (Å²) in [7, 11) is -1.76. The molecule has 1 aromatic rings. The Morgan fingerprint density at radius 2 is 2.20 bits per heavy atom. The minimum absolute atomic E-state index is 0.00463. The van der Waals surface area contributed by atoms with Crippen LogP contribution in [-0.4, -0.2) is 44.6 Å². The summed E-state index contributed by atoms with van der Waals surface area (Å²) in [5.41, 5.74) is 0.203. The number of likely N-dealkylation sites (N-methyl/N-ethyl adjacent to an activating group) is 1. The number of nitrogens with zero attached hydrogens (tertiary/aromatic N) is 1. The molecular weight excluding hydrogens is 283 g/mol. The fraction of sp³-hybridized carbons (Fsp3) is 0.538. The maximum atomic E-state index is 13.6. The number of halogens is 1. The molecule has 0 spiro atoms. The summed E-state index contributed by atoms with van der Waals surface area (Å²) in [4.78, 5) is 2.04. The molecular formula is C13H19FN2O3S. The minimum Gasteiger partial charge on any atom is -0.392 e. The van der Waals surface area contributed by atoms with Crippen molar-refractivity contribution in [2.24, 2.45) is 0 Å². The van der Waals surface area contributed by atoms with E-state index in [1.807, 2.05) is 11.9 Å². The van der Waals surface area contributed by atoms with Crippen molar-refractivity contribution in [1.82, 2.24) is 9.62 Å². The first-order valence-electron chi connectivity index (χ1n) is 6.44. The molecule has 1 unspecified atom stereocenters. The standard InChI is InChI=1S/C13H19FN2O3S/c1-9-5-12(6-10(8-17)13(9)14)20(18,19)15-11-3-4-16(2)7-11/h5-6,11,15,17H,3-4,7-8H2,1-2H3. The molecule has 2 N–H and O–H groups in total. The number of benzene rings is 1. The van der Waals surface area contributed by atoms with Crippen molar-refractivity contribution in [3.8, 4) is 0 Å². The molecule has 1 aliphatic heterocycles. The van der Waals surface area contributed by atoms with E-state index in [2.05, 4.69) is 4.72 Å². The van der Waals surface area contributed by atoms with Crippen LogP contribution >= 0.6 is 0 Å². The molecule has 2 rings (SSSR count). The Labute approximate surface area is 118 Å². The summed E-state index contributed by atoms with van der Waals surface area (Å²) in [6.45, 7) is 2.46. The van der Waals surface area contributed by atoms with E-state index in [-0.39, 0.29) is 22.1 Å². The molecule has 7 heteroatoms. The van der Waals surface area contributed by atoms with Crippen LogP contribution in [-0.2, 0) is 16.6 Å². The molecule has 1 atom stereocenters. The van der Waals surface area contributed by atoms with Gasteiger partial charge in [-0.05, 0) is 44.6 Å². The summed E-state index contributed by atoms with van der Waals surface area (Å²) in [6.07, 6.45) is 0.753. The highest BCUT2D eigenvalue weighted by Crippen LogP contribution is 2.20. The van der Waals surface area contributed by atoms with Crippen LogP contribution in [0.15, 0.2) is 17.0 Å². The lowest BCUT2D eigenvalue weighted by molar-refractivity contribution is 0.275. The highest BCUT2D eigenvalue weighted by atomic mass is 32.2. The molecule has 0 saturated carbocycles. The quantitative estimate of drug-likeness (QED) is 0.855. The number of likely N-dealkylation sites (tertiary alicyclic amines) is 1. The van der Waals surface area contributed by atoms with E-state index in [0.29, 0.717) is 6.54 Å². The van der Waals surface area contributed by atoms with E-state index >= 15 is 0 Å². The second-order valence-electron chi connectivity index (χ2n) is 5.24. The molecule has 1 aromatic carbocycles. The van der Waals surface area contributed by atoms with Crippen molar-refractivity contribution in [3.05, 3.63) is 29.1 Å². The molecule has 1 heterocycles. The molecule has 112 valence electrons. The normalized spacial score (nSPS) is 20.5. The van der Waals surface area contributed by atoms with E-state index in [9.17, 15) is 12.8 Å². The molecule has 0 amide bonds. The third-order valence-electron chi connectivity index (χ3n) is 3.50. The van der Waals surface area contributed by atoms with Gasteiger partial charge in [-0.2, -0.15) is 0 Å². The minimum atomic E-state index is -3.69. The van der Waals surface area contributed by atoms with Gasteiger partial charge in [0.05, 0.1) is 11.5 Å². The zero-order valence-corrected chi connectivity index (χ0v) is 12.4. The third kappa shape index (κ3) is 3.17. The van der Waals surface area contributed by atoms with Crippen molar-refractivity contribution >= 4 is 10.0 Å². The molecule has 1 fully saturated rings. The molecule has 0 radical (unpaired) electrons. The summed E-state index contributed by atoms with van der Waals surface area (Å²) in [5.74, 6) is -0.563. The number of aliphatic hydroxyl groups is 1. The highest BCUT2D eigenvalue weighted by Gasteiger charge is 2.26. The Hall–Kier alpha value is -1.02. The Kier molecular flexibility index (Phi) is 4.43. The van der Waals surface area contributed by atoms with Gasteiger partial charge in [-0.15, -0.1) is 0 Å². The molecule has 0 bridgehead atoms. The highest BCUT2D eigenvalue weighted by molar-refractivity contribution is 7.89. The first kappa shape index (κ1) is 15.4. The molecule has 1 saturated heterocycles. The first-order valence-corrected chi connectivity index (χ1v) is 7.92.